The molecule has 2 nitrogen and oxygen atoms in total. The summed E-state index contributed by atoms with van der Waals surface area (Å²) >= 11 is 3.56. The largest absolute Gasteiger partial charge is 0.327 e. The molecule has 0 spiro atoms. The van der Waals surface area contributed by atoms with Crippen molar-refractivity contribution in [1.82, 2.24) is 4.98 Å². The summed E-state index contributed by atoms with van der Waals surface area (Å²) in [5, 5.41) is 3.47. The Bertz CT molecular complexity index is 541. The number of aryl methyl sites for hydroxylation is 3. The van der Waals surface area contributed by atoms with Crippen LogP contribution >= 0.6 is 23.1 Å². The summed E-state index contributed by atoms with van der Waals surface area (Å²) in [6, 6.07) is 6.49. The first-order valence-electron chi connectivity index (χ1n) is 6.39. The molecule has 2 unspecified atom stereocenters. The molecule has 0 aliphatic heterocycles. The number of aromatic nitrogens is 1. The van der Waals surface area contributed by atoms with Crippen LogP contribution in [0.5, 0.6) is 0 Å². The van der Waals surface area contributed by atoms with E-state index in [9.17, 15) is 0 Å². The summed E-state index contributed by atoms with van der Waals surface area (Å²) in [5.41, 5.74) is 9.82. The van der Waals surface area contributed by atoms with Crippen molar-refractivity contribution in [3.8, 4) is 0 Å². The van der Waals surface area contributed by atoms with Crippen molar-refractivity contribution in [2.24, 2.45) is 5.73 Å². The first-order chi connectivity index (χ1) is 8.97. The molecule has 0 aromatic carbocycles. The lowest BCUT2D eigenvalue weighted by Gasteiger charge is -2.20. The van der Waals surface area contributed by atoms with E-state index in [1.54, 1.807) is 23.1 Å². The predicted octanol–water partition coefficient (Wildman–Crippen LogP) is 4.25. The molecule has 102 valence electrons. The molecule has 0 aliphatic carbocycles. The average molecular weight is 292 g/mol. The van der Waals surface area contributed by atoms with Gasteiger partial charge < -0.3 is 5.73 Å². The Morgan fingerprint density at radius 1 is 1.26 bits per heavy atom. The van der Waals surface area contributed by atoms with Gasteiger partial charge in [0.25, 0.3) is 0 Å². The van der Waals surface area contributed by atoms with E-state index in [1.165, 1.54) is 16.0 Å². The highest BCUT2D eigenvalue weighted by atomic mass is 32.2. The molecule has 2 rings (SSSR count). The van der Waals surface area contributed by atoms with E-state index in [0.29, 0.717) is 0 Å². The molecule has 0 saturated heterocycles. The highest BCUT2D eigenvalue weighted by Gasteiger charge is 2.21. The Labute approximate surface area is 123 Å². The minimum Gasteiger partial charge on any atom is -0.327 e. The summed E-state index contributed by atoms with van der Waals surface area (Å²) < 4.78 is 0. The molecule has 0 fully saturated rings. The maximum atomic E-state index is 6.18. The molecule has 0 aliphatic rings. The first kappa shape index (κ1) is 14.6. The monoisotopic (exact) mass is 292 g/mol. The second kappa shape index (κ2) is 6.07. The fraction of sp³-hybridized carbons (Fsp3) is 0.400. The smallest absolute Gasteiger partial charge is 0.0972 e. The maximum Gasteiger partial charge on any atom is 0.0972 e. The Hall–Kier alpha value is -0.840. The molecule has 0 amide bonds. The summed E-state index contributed by atoms with van der Waals surface area (Å²) in [4.78, 5) is 5.97. The molecule has 2 heterocycles. The molecule has 0 bridgehead atoms. The van der Waals surface area contributed by atoms with Gasteiger partial charge in [-0.2, -0.15) is 0 Å². The van der Waals surface area contributed by atoms with Gasteiger partial charge in [0, 0.05) is 16.6 Å². The molecule has 2 aromatic heterocycles. The van der Waals surface area contributed by atoms with Gasteiger partial charge in [-0.1, -0.05) is 11.8 Å². The lowest BCUT2D eigenvalue weighted by atomic mass is 10.1. The number of thiophene rings is 1. The SMILES string of the molecule is Cc1cc(C)nc(SC(c2sccc2C)C(C)N)c1. The van der Waals surface area contributed by atoms with Gasteiger partial charge in [-0.05, 0) is 62.4 Å². The normalized spacial score (nSPS) is 14.4. The van der Waals surface area contributed by atoms with Crippen LogP contribution in [0.2, 0.25) is 0 Å². The molecule has 0 saturated carbocycles. The van der Waals surface area contributed by atoms with Gasteiger partial charge in [-0.3, -0.25) is 0 Å². The van der Waals surface area contributed by atoms with Crippen LogP contribution in [0.1, 0.15) is 33.9 Å². The van der Waals surface area contributed by atoms with Crippen LogP contribution in [-0.4, -0.2) is 11.0 Å². The van der Waals surface area contributed by atoms with Crippen molar-refractivity contribution >= 4 is 23.1 Å². The van der Waals surface area contributed by atoms with Gasteiger partial charge in [-0.15, -0.1) is 11.3 Å². The van der Waals surface area contributed by atoms with Crippen LogP contribution < -0.4 is 5.73 Å². The number of nitrogens with zero attached hydrogens (tertiary/aromatic N) is 1. The van der Waals surface area contributed by atoms with E-state index in [0.717, 1.165) is 10.7 Å². The van der Waals surface area contributed by atoms with E-state index in [-0.39, 0.29) is 11.3 Å². The van der Waals surface area contributed by atoms with Crippen molar-refractivity contribution in [2.45, 2.75) is 44.0 Å². The molecule has 0 radical (unpaired) electrons. The third-order valence-corrected chi connectivity index (χ3v) is 5.58. The van der Waals surface area contributed by atoms with Crippen LogP contribution in [0, 0.1) is 20.8 Å². The van der Waals surface area contributed by atoms with Gasteiger partial charge in [0.1, 0.15) is 0 Å². The number of hydrogen-bond donors (Lipinski definition) is 1. The topological polar surface area (TPSA) is 38.9 Å². The van der Waals surface area contributed by atoms with E-state index < -0.39 is 0 Å². The Balaban J connectivity index is 2.29. The molecular weight excluding hydrogens is 272 g/mol. The zero-order valence-electron chi connectivity index (χ0n) is 11.8. The van der Waals surface area contributed by atoms with E-state index in [1.807, 2.05) is 6.92 Å². The molecule has 19 heavy (non-hydrogen) atoms. The third kappa shape index (κ3) is 3.59. The zero-order chi connectivity index (χ0) is 14.0. The summed E-state index contributed by atoms with van der Waals surface area (Å²) in [5.74, 6) is 0. The standard InChI is InChI=1S/C15H20N2S2/c1-9-7-11(3)17-13(8-9)19-15(12(4)16)14-10(2)5-6-18-14/h5-8,12,15H,16H2,1-4H3. The van der Waals surface area contributed by atoms with Gasteiger partial charge in [0.15, 0.2) is 0 Å². The minimum atomic E-state index is 0.102. The number of pyridine rings is 1. The Morgan fingerprint density at radius 2 is 2.00 bits per heavy atom. The van der Waals surface area contributed by atoms with E-state index in [2.05, 4.69) is 49.3 Å². The highest BCUT2D eigenvalue weighted by Crippen LogP contribution is 2.40. The van der Waals surface area contributed by atoms with Crippen molar-refractivity contribution < 1.29 is 0 Å². The molecule has 2 aromatic rings. The van der Waals surface area contributed by atoms with Crippen molar-refractivity contribution in [3.63, 3.8) is 0 Å². The van der Waals surface area contributed by atoms with Gasteiger partial charge in [0.2, 0.25) is 0 Å². The average Bonchev–Trinajstić information content (AvgIpc) is 2.70. The van der Waals surface area contributed by atoms with Crippen molar-refractivity contribution in [2.75, 3.05) is 0 Å². The van der Waals surface area contributed by atoms with E-state index in [4.69, 9.17) is 5.73 Å². The minimum absolute atomic E-state index is 0.102. The highest BCUT2D eigenvalue weighted by molar-refractivity contribution is 7.99. The fourth-order valence-electron chi connectivity index (χ4n) is 2.07. The summed E-state index contributed by atoms with van der Waals surface area (Å²) in [7, 11) is 0. The van der Waals surface area contributed by atoms with Gasteiger partial charge >= 0.3 is 0 Å². The lowest BCUT2D eigenvalue weighted by molar-refractivity contribution is 0.726. The van der Waals surface area contributed by atoms with Crippen LogP contribution in [0.15, 0.2) is 28.6 Å². The number of rotatable bonds is 4. The first-order valence-corrected chi connectivity index (χ1v) is 8.15. The van der Waals surface area contributed by atoms with E-state index >= 15 is 0 Å². The maximum absolute atomic E-state index is 6.18. The van der Waals surface area contributed by atoms with Crippen LogP contribution in [0.4, 0.5) is 0 Å². The number of hydrogen-bond acceptors (Lipinski definition) is 4. The van der Waals surface area contributed by atoms with Crippen molar-refractivity contribution in [3.05, 3.63) is 45.3 Å². The number of nitrogens with two attached hydrogens (primary N) is 1. The summed E-state index contributed by atoms with van der Waals surface area (Å²) in [6.45, 7) is 8.36. The lowest BCUT2D eigenvalue weighted by Crippen LogP contribution is -2.22. The molecular formula is C15H20N2S2. The third-order valence-electron chi connectivity index (χ3n) is 2.96. The second-order valence-electron chi connectivity index (χ2n) is 4.99. The van der Waals surface area contributed by atoms with Crippen molar-refractivity contribution in [1.29, 1.82) is 0 Å². The Morgan fingerprint density at radius 3 is 2.53 bits per heavy atom. The van der Waals surface area contributed by atoms with Gasteiger partial charge in [-0.25, -0.2) is 4.98 Å². The predicted molar refractivity (Wildman–Crippen MR) is 85.0 cm³/mol. The van der Waals surface area contributed by atoms with Gasteiger partial charge in [0.05, 0.1) is 10.3 Å². The summed E-state index contributed by atoms with van der Waals surface area (Å²) in [6.07, 6.45) is 0. The fourth-order valence-corrected chi connectivity index (χ4v) is 4.62. The van der Waals surface area contributed by atoms with Crippen LogP contribution in [-0.2, 0) is 0 Å². The molecule has 4 heteroatoms. The molecule has 2 atom stereocenters. The van der Waals surface area contributed by atoms with Crippen LogP contribution in [0.25, 0.3) is 0 Å². The second-order valence-corrected chi connectivity index (χ2v) is 7.10. The number of thioether (sulfide) groups is 1. The quantitative estimate of drug-likeness (QED) is 0.856. The zero-order valence-corrected chi connectivity index (χ0v) is 13.4. The molecule has 2 N–H and O–H groups in total. The Kier molecular flexibility index (Phi) is 4.66. The van der Waals surface area contributed by atoms with Crippen LogP contribution in [0.3, 0.4) is 0 Å².